The molecular weight excluding hydrogens is 271 g/mol. The highest BCUT2D eigenvalue weighted by Gasteiger charge is 2.30. The summed E-state index contributed by atoms with van der Waals surface area (Å²) in [4.78, 5) is -0.185. The second-order valence-corrected chi connectivity index (χ2v) is 6.62. The third kappa shape index (κ3) is 2.88. The lowest BCUT2D eigenvalue weighted by molar-refractivity contribution is 0.170. The number of anilines is 1. The van der Waals surface area contributed by atoms with Gasteiger partial charge in [-0.05, 0) is 37.0 Å². The normalized spacial score (nSPS) is 18.6. The van der Waals surface area contributed by atoms with Crippen molar-refractivity contribution in [3.63, 3.8) is 0 Å². The van der Waals surface area contributed by atoms with E-state index < -0.39 is 15.8 Å². The van der Waals surface area contributed by atoms with Crippen molar-refractivity contribution < 1.29 is 17.9 Å². The summed E-state index contributed by atoms with van der Waals surface area (Å²) in [6.07, 6.45) is 1.20. The predicted octanol–water partition coefficient (Wildman–Crippen LogP) is 0.801. The third-order valence-electron chi connectivity index (χ3n) is 3.43. The first kappa shape index (κ1) is 14.2. The molecule has 1 aromatic rings. The van der Waals surface area contributed by atoms with Gasteiger partial charge in [0.2, 0.25) is 10.0 Å². The van der Waals surface area contributed by atoms with E-state index in [0.717, 1.165) is 12.1 Å². The number of sulfonamides is 1. The van der Waals surface area contributed by atoms with Crippen LogP contribution >= 0.6 is 0 Å². The Hall–Kier alpha value is -1.18. The molecule has 0 atom stereocenters. The van der Waals surface area contributed by atoms with E-state index in [-0.39, 0.29) is 23.1 Å². The highest BCUT2D eigenvalue weighted by Crippen LogP contribution is 2.27. The molecule has 106 valence electrons. The summed E-state index contributed by atoms with van der Waals surface area (Å²) in [6, 6.07) is 3.33. The molecule has 7 heteroatoms. The Morgan fingerprint density at radius 2 is 2.00 bits per heavy atom. The number of benzene rings is 1. The van der Waals surface area contributed by atoms with Crippen LogP contribution in [0.2, 0.25) is 0 Å². The van der Waals surface area contributed by atoms with E-state index in [1.54, 1.807) is 0 Å². The lowest BCUT2D eigenvalue weighted by Gasteiger charge is -2.30. The molecule has 3 N–H and O–H groups in total. The van der Waals surface area contributed by atoms with Crippen molar-refractivity contribution >= 4 is 15.7 Å². The second-order valence-electron chi connectivity index (χ2n) is 4.71. The van der Waals surface area contributed by atoms with Gasteiger partial charge in [0.1, 0.15) is 10.7 Å². The monoisotopic (exact) mass is 288 g/mol. The van der Waals surface area contributed by atoms with Gasteiger partial charge in [0.25, 0.3) is 0 Å². The van der Waals surface area contributed by atoms with Crippen LogP contribution in [0, 0.1) is 11.7 Å². The van der Waals surface area contributed by atoms with Gasteiger partial charge < -0.3 is 10.8 Å². The van der Waals surface area contributed by atoms with Gasteiger partial charge in [-0.1, -0.05) is 0 Å². The van der Waals surface area contributed by atoms with Crippen molar-refractivity contribution in [2.24, 2.45) is 5.92 Å². The molecule has 2 rings (SSSR count). The van der Waals surface area contributed by atoms with Crippen molar-refractivity contribution in [1.29, 1.82) is 0 Å². The fraction of sp³-hybridized carbons (Fsp3) is 0.500. The van der Waals surface area contributed by atoms with Gasteiger partial charge in [-0.2, -0.15) is 4.31 Å². The maximum Gasteiger partial charge on any atom is 0.245 e. The number of hydrogen-bond donors (Lipinski definition) is 2. The van der Waals surface area contributed by atoms with Crippen LogP contribution in [0.15, 0.2) is 23.1 Å². The molecule has 5 nitrogen and oxygen atoms in total. The number of rotatable bonds is 3. The number of nitrogens with two attached hydrogens (primary N) is 1. The number of nitrogen functional groups attached to an aromatic ring is 1. The smallest absolute Gasteiger partial charge is 0.245 e. The predicted molar refractivity (Wildman–Crippen MR) is 69.4 cm³/mol. The summed E-state index contributed by atoms with van der Waals surface area (Å²) in [5.41, 5.74) is 5.67. The fourth-order valence-electron chi connectivity index (χ4n) is 2.20. The van der Waals surface area contributed by atoms with Crippen LogP contribution in [0.5, 0.6) is 0 Å². The van der Waals surface area contributed by atoms with E-state index in [1.807, 2.05) is 0 Å². The van der Waals surface area contributed by atoms with E-state index in [1.165, 1.54) is 10.4 Å². The molecule has 0 unspecified atom stereocenters. The summed E-state index contributed by atoms with van der Waals surface area (Å²) in [7, 11) is -3.76. The van der Waals surface area contributed by atoms with Crippen molar-refractivity contribution in [3.05, 3.63) is 24.0 Å². The van der Waals surface area contributed by atoms with E-state index in [9.17, 15) is 12.8 Å². The van der Waals surface area contributed by atoms with Gasteiger partial charge in [-0.15, -0.1) is 0 Å². The van der Waals surface area contributed by atoms with Crippen molar-refractivity contribution in [1.82, 2.24) is 4.31 Å². The van der Waals surface area contributed by atoms with Crippen LogP contribution in [0.4, 0.5) is 10.1 Å². The third-order valence-corrected chi connectivity index (χ3v) is 5.38. The average molecular weight is 288 g/mol. The Labute approximate surface area is 111 Å². The number of halogens is 1. The Morgan fingerprint density at radius 3 is 2.58 bits per heavy atom. The zero-order chi connectivity index (χ0) is 14.0. The minimum atomic E-state index is -3.76. The van der Waals surface area contributed by atoms with Crippen LogP contribution in [0.3, 0.4) is 0 Å². The molecular formula is C12H17FN2O3S. The molecule has 0 spiro atoms. The van der Waals surface area contributed by atoms with E-state index in [0.29, 0.717) is 25.9 Å². The van der Waals surface area contributed by atoms with Crippen LogP contribution in [-0.4, -0.2) is 37.5 Å². The maximum absolute atomic E-state index is 13.2. The molecule has 1 aromatic carbocycles. The number of aliphatic hydroxyl groups is 1. The highest BCUT2D eigenvalue weighted by atomic mass is 32.2. The van der Waals surface area contributed by atoms with Gasteiger partial charge >= 0.3 is 0 Å². The molecule has 19 heavy (non-hydrogen) atoms. The van der Waals surface area contributed by atoms with Crippen molar-refractivity contribution in [2.75, 3.05) is 25.4 Å². The molecule has 0 amide bonds. The summed E-state index contributed by atoms with van der Waals surface area (Å²) in [6.45, 7) is 0.711. The molecule has 0 bridgehead atoms. The summed E-state index contributed by atoms with van der Waals surface area (Å²) >= 11 is 0. The standard InChI is InChI=1S/C12H17FN2O3S/c13-10-1-2-11(14)12(7-10)19(17,18)15-5-3-9(8-16)4-6-15/h1-2,7,9,16H,3-6,8,14H2. The SMILES string of the molecule is Nc1ccc(F)cc1S(=O)(=O)N1CCC(CO)CC1. The molecule has 1 heterocycles. The largest absolute Gasteiger partial charge is 0.398 e. The molecule has 1 aliphatic rings. The Balaban J connectivity index is 2.26. The van der Waals surface area contributed by atoms with E-state index in [2.05, 4.69) is 0 Å². The molecule has 0 saturated carbocycles. The van der Waals surface area contributed by atoms with Crippen molar-refractivity contribution in [2.45, 2.75) is 17.7 Å². The molecule has 1 aliphatic heterocycles. The number of hydrogen-bond acceptors (Lipinski definition) is 4. The number of piperidine rings is 1. The maximum atomic E-state index is 13.2. The van der Waals surface area contributed by atoms with Crippen LogP contribution in [-0.2, 0) is 10.0 Å². The molecule has 0 aliphatic carbocycles. The van der Waals surface area contributed by atoms with Crippen LogP contribution < -0.4 is 5.73 Å². The number of aliphatic hydroxyl groups excluding tert-OH is 1. The van der Waals surface area contributed by atoms with Gasteiger partial charge in [-0.25, -0.2) is 12.8 Å². The number of nitrogens with zero attached hydrogens (tertiary/aromatic N) is 1. The average Bonchev–Trinajstić information content (AvgIpc) is 2.41. The quantitative estimate of drug-likeness (QED) is 0.806. The summed E-state index contributed by atoms with van der Waals surface area (Å²) in [5.74, 6) is -0.491. The van der Waals surface area contributed by atoms with Crippen LogP contribution in [0.1, 0.15) is 12.8 Å². The van der Waals surface area contributed by atoms with Gasteiger partial charge in [-0.3, -0.25) is 0 Å². The summed E-state index contributed by atoms with van der Waals surface area (Å²) < 4.78 is 39.2. The molecule has 1 fully saturated rings. The first-order valence-corrected chi connectivity index (χ1v) is 7.55. The minimum Gasteiger partial charge on any atom is -0.398 e. The van der Waals surface area contributed by atoms with Gasteiger partial charge in [0.05, 0.1) is 5.69 Å². The van der Waals surface area contributed by atoms with Gasteiger partial charge in [0.15, 0.2) is 0 Å². The Bertz CT molecular complexity index is 554. The van der Waals surface area contributed by atoms with Gasteiger partial charge in [0, 0.05) is 19.7 Å². The highest BCUT2D eigenvalue weighted by molar-refractivity contribution is 7.89. The zero-order valence-corrected chi connectivity index (χ0v) is 11.2. The Kier molecular flexibility index (Phi) is 4.07. The fourth-order valence-corrected chi connectivity index (χ4v) is 3.80. The molecule has 1 saturated heterocycles. The first-order valence-electron chi connectivity index (χ1n) is 6.11. The van der Waals surface area contributed by atoms with E-state index in [4.69, 9.17) is 10.8 Å². The summed E-state index contributed by atoms with van der Waals surface area (Å²) in [5, 5.41) is 9.04. The first-order chi connectivity index (χ1) is 8.95. The van der Waals surface area contributed by atoms with Crippen LogP contribution in [0.25, 0.3) is 0 Å². The lowest BCUT2D eigenvalue weighted by Crippen LogP contribution is -2.39. The second kappa shape index (κ2) is 5.44. The van der Waals surface area contributed by atoms with Crippen molar-refractivity contribution in [3.8, 4) is 0 Å². The molecule has 0 aromatic heterocycles. The molecule has 0 radical (unpaired) electrons. The Morgan fingerprint density at radius 1 is 1.37 bits per heavy atom. The minimum absolute atomic E-state index is 0.0469. The van der Waals surface area contributed by atoms with E-state index >= 15 is 0 Å². The zero-order valence-electron chi connectivity index (χ0n) is 10.4. The lowest BCUT2D eigenvalue weighted by atomic mass is 10.00. The topological polar surface area (TPSA) is 83.6 Å².